The standard InChI is InChI=1S/C18H14F2O4/c1-24-17-8-5-11(9-12(17)10-18(22)23)16(21)7-6-13-14(19)3-2-4-15(13)20/h2-9H,10H2,1H3,(H,22,23)/b7-6+. The molecule has 2 aromatic carbocycles. The number of methoxy groups -OCH3 is 1. The molecule has 0 aliphatic carbocycles. The molecular formula is C18H14F2O4. The van der Waals surface area contributed by atoms with Crippen molar-refractivity contribution in [2.45, 2.75) is 6.42 Å². The summed E-state index contributed by atoms with van der Waals surface area (Å²) in [6.45, 7) is 0. The number of allylic oxidation sites excluding steroid dienone is 1. The number of carboxylic acids is 1. The van der Waals surface area contributed by atoms with Crippen LogP contribution in [0.15, 0.2) is 42.5 Å². The second kappa shape index (κ2) is 7.50. The first-order valence-corrected chi connectivity index (χ1v) is 6.97. The zero-order valence-electron chi connectivity index (χ0n) is 12.8. The minimum atomic E-state index is -1.07. The maximum Gasteiger partial charge on any atom is 0.307 e. The van der Waals surface area contributed by atoms with Crippen LogP contribution >= 0.6 is 0 Å². The highest BCUT2D eigenvalue weighted by Gasteiger charge is 2.12. The largest absolute Gasteiger partial charge is 0.496 e. The molecule has 6 heteroatoms. The second-order valence-corrected chi connectivity index (χ2v) is 4.93. The van der Waals surface area contributed by atoms with Gasteiger partial charge in [0, 0.05) is 16.7 Å². The molecular weight excluding hydrogens is 318 g/mol. The van der Waals surface area contributed by atoms with Crippen molar-refractivity contribution < 1.29 is 28.2 Å². The molecule has 2 rings (SSSR count). The number of carbonyl (C=O) groups excluding carboxylic acids is 1. The van der Waals surface area contributed by atoms with E-state index in [4.69, 9.17) is 9.84 Å². The first-order chi connectivity index (χ1) is 11.4. The third kappa shape index (κ3) is 4.04. The van der Waals surface area contributed by atoms with Gasteiger partial charge >= 0.3 is 5.97 Å². The summed E-state index contributed by atoms with van der Waals surface area (Å²) in [7, 11) is 1.39. The Labute approximate surface area is 137 Å². The predicted molar refractivity (Wildman–Crippen MR) is 84.1 cm³/mol. The Kier molecular flexibility index (Phi) is 5.42. The first-order valence-electron chi connectivity index (χ1n) is 6.97. The van der Waals surface area contributed by atoms with Gasteiger partial charge < -0.3 is 9.84 Å². The van der Waals surface area contributed by atoms with Crippen LogP contribution in [-0.2, 0) is 11.2 Å². The van der Waals surface area contributed by atoms with E-state index in [0.717, 1.165) is 24.3 Å². The zero-order valence-corrected chi connectivity index (χ0v) is 12.8. The zero-order chi connectivity index (χ0) is 17.7. The van der Waals surface area contributed by atoms with Gasteiger partial charge in [0.2, 0.25) is 0 Å². The molecule has 24 heavy (non-hydrogen) atoms. The minimum Gasteiger partial charge on any atom is -0.496 e. The van der Waals surface area contributed by atoms with Crippen molar-refractivity contribution >= 4 is 17.8 Å². The van der Waals surface area contributed by atoms with Crippen molar-refractivity contribution in [1.82, 2.24) is 0 Å². The van der Waals surface area contributed by atoms with Gasteiger partial charge in [-0.2, -0.15) is 0 Å². The Morgan fingerprint density at radius 2 is 1.83 bits per heavy atom. The molecule has 4 nitrogen and oxygen atoms in total. The van der Waals surface area contributed by atoms with Crippen LogP contribution in [0, 0.1) is 11.6 Å². The van der Waals surface area contributed by atoms with Gasteiger partial charge in [0.15, 0.2) is 5.78 Å². The summed E-state index contributed by atoms with van der Waals surface area (Å²) >= 11 is 0. The number of rotatable bonds is 6. The molecule has 0 aliphatic heterocycles. The van der Waals surface area contributed by atoms with Crippen molar-refractivity contribution in [3.8, 4) is 5.75 Å². The van der Waals surface area contributed by atoms with E-state index in [-0.39, 0.29) is 17.5 Å². The highest BCUT2D eigenvalue weighted by Crippen LogP contribution is 2.21. The first kappa shape index (κ1) is 17.3. The fraction of sp³-hybridized carbons (Fsp3) is 0.111. The van der Waals surface area contributed by atoms with Gasteiger partial charge in [0.1, 0.15) is 17.4 Å². The summed E-state index contributed by atoms with van der Waals surface area (Å²) in [5, 5.41) is 8.89. The summed E-state index contributed by atoms with van der Waals surface area (Å²) in [5.41, 5.74) is 0.214. The van der Waals surface area contributed by atoms with Gasteiger partial charge in [-0.1, -0.05) is 6.07 Å². The van der Waals surface area contributed by atoms with Crippen LogP contribution < -0.4 is 4.74 Å². The molecule has 2 aromatic rings. The third-order valence-corrected chi connectivity index (χ3v) is 3.31. The summed E-state index contributed by atoms with van der Waals surface area (Å²) in [5.74, 6) is -2.78. The maximum absolute atomic E-state index is 13.5. The molecule has 0 heterocycles. The van der Waals surface area contributed by atoms with Crippen LogP contribution in [-0.4, -0.2) is 24.0 Å². The Bertz CT molecular complexity index is 792. The van der Waals surface area contributed by atoms with E-state index < -0.39 is 23.4 Å². The predicted octanol–water partition coefficient (Wildman–Crippen LogP) is 3.50. The average molecular weight is 332 g/mol. The number of ether oxygens (including phenoxy) is 1. The summed E-state index contributed by atoms with van der Waals surface area (Å²) in [4.78, 5) is 23.0. The Hall–Kier alpha value is -3.02. The number of ketones is 1. The van der Waals surface area contributed by atoms with Gasteiger partial charge in [-0.3, -0.25) is 9.59 Å². The molecule has 0 unspecified atom stereocenters. The lowest BCUT2D eigenvalue weighted by atomic mass is 10.0. The lowest BCUT2D eigenvalue weighted by molar-refractivity contribution is -0.136. The molecule has 0 aliphatic rings. The van der Waals surface area contributed by atoms with Crippen LogP contribution in [0.1, 0.15) is 21.5 Å². The highest BCUT2D eigenvalue weighted by atomic mass is 19.1. The second-order valence-electron chi connectivity index (χ2n) is 4.93. The molecule has 0 spiro atoms. The van der Waals surface area contributed by atoms with E-state index in [1.54, 1.807) is 0 Å². The molecule has 0 atom stereocenters. The van der Waals surface area contributed by atoms with Crippen LogP contribution in [0.25, 0.3) is 6.08 Å². The van der Waals surface area contributed by atoms with Gasteiger partial charge in [-0.05, 0) is 42.5 Å². The Morgan fingerprint density at radius 3 is 2.42 bits per heavy atom. The van der Waals surface area contributed by atoms with Crippen molar-refractivity contribution in [3.63, 3.8) is 0 Å². The van der Waals surface area contributed by atoms with Crippen molar-refractivity contribution in [2.75, 3.05) is 7.11 Å². The van der Waals surface area contributed by atoms with E-state index in [2.05, 4.69) is 0 Å². The van der Waals surface area contributed by atoms with Crippen molar-refractivity contribution in [3.05, 3.63) is 70.8 Å². The van der Waals surface area contributed by atoms with Crippen LogP contribution in [0.5, 0.6) is 5.75 Å². The number of carbonyl (C=O) groups is 2. The molecule has 0 saturated carbocycles. The lowest BCUT2D eigenvalue weighted by Gasteiger charge is -2.08. The molecule has 1 N–H and O–H groups in total. The topological polar surface area (TPSA) is 63.6 Å². The number of aliphatic carboxylic acids is 1. The Balaban J connectivity index is 2.29. The summed E-state index contributed by atoms with van der Waals surface area (Å²) in [6.07, 6.45) is 1.78. The van der Waals surface area contributed by atoms with Crippen molar-refractivity contribution in [2.24, 2.45) is 0 Å². The normalized spacial score (nSPS) is 10.8. The van der Waals surface area contributed by atoms with E-state index in [1.807, 2.05) is 0 Å². The van der Waals surface area contributed by atoms with Gasteiger partial charge in [0.05, 0.1) is 13.5 Å². The van der Waals surface area contributed by atoms with E-state index in [0.29, 0.717) is 11.3 Å². The molecule has 0 fully saturated rings. The lowest BCUT2D eigenvalue weighted by Crippen LogP contribution is -2.04. The number of hydrogen-bond donors (Lipinski definition) is 1. The number of carboxylic acid groups (broad SMARTS) is 1. The molecule has 0 amide bonds. The SMILES string of the molecule is COc1ccc(C(=O)/C=C/c2c(F)cccc2F)cc1CC(=O)O. The molecule has 0 saturated heterocycles. The average Bonchev–Trinajstić information content (AvgIpc) is 2.53. The van der Waals surface area contributed by atoms with Gasteiger partial charge in [-0.15, -0.1) is 0 Å². The fourth-order valence-electron chi connectivity index (χ4n) is 2.16. The van der Waals surface area contributed by atoms with Gasteiger partial charge in [-0.25, -0.2) is 8.78 Å². The molecule has 0 radical (unpaired) electrons. The van der Waals surface area contributed by atoms with Crippen molar-refractivity contribution in [1.29, 1.82) is 0 Å². The van der Waals surface area contributed by atoms with Gasteiger partial charge in [0.25, 0.3) is 0 Å². The molecule has 0 aromatic heterocycles. The minimum absolute atomic E-state index is 0.194. The number of benzene rings is 2. The van der Waals surface area contributed by atoms with E-state index >= 15 is 0 Å². The van der Waals surface area contributed by atoms with E-state index in [1.165, 1.54) is 31.4 Å². The summed E-state index contributed by atoms with van der Waals surface area (Å²) in [6, 6.07) is 7.72. The monoisotopic (exact) mass is 332 g/mol. The fourth-order valence-corrected chi connectivity index (χ4v) is 2.16. The summed E-state index contributed by atoms with van der Waals surface area (Å²) < 4.78 is 32.1. The van der Waals surface area contributed by atoms with Crippen LogP contribution in [0.3, 0.4) is 0 Å². The maximum atomic E-state index is 13.5. The smallest absolute Gasteiger partial charge is 0.307 e. The molecule has 0 bridgehead atoms. The Morgan fingerprint density at radius 1 is 1.17 bits per heavy atom. The number of halogens is 2. The highest BCUT2D eigenvalue weighted by molar-refractivity contribution is 6.07. The van der Waals surface area contributed by atoms with Crippen LogP contribution in [0.2, 0.25) is 0 Å². The quantitative estimate of drug-likeness (QED) is 0.650. The third-order valence-electron chi connectivity index (χ3n) is 3.31. The van der Waals surface area contributed by atoms with E-state index in [9.17, 15) is 18.4 Å². The molecule has 124 valence electrons. The number of hydrogen-bond acceptors (Lipinski definition) is 3. The van der Waals surface area contributed by atoms with Crippen LogP contribution in [0.4, 0.5) is 8.78 Å².